The molecule has 0 saturated heterocycles. The SMILES string of the molecule is CCCNc1ccc(Cl)c(C(=O)NCCC(N)=O)n1. The van der Waals surface area contributed by atoms with Crippen LogP contribution in [-0.4, -0.2) is 29.9 Å². The molecule has 0 bridgehead atoms. The van der Waals surface area contributed by atoms with Crippen molar-refractivity contribution >= 4 is 29.2 Å². The number of rotatable bonds is 7. The van der Waals surface area contributed by atoms with E-state index in [9.17, 15) is 9.59 Å². The van der Waals surface area contributed by atoms with E-state index in [-0.39, 0.29) is 23.7 Å². The monoisotopic (exact) mass is 284 g/mol. The second kappa shape index (κ2) is 7.58. The maximum Gasteiger partial charge on any atom is 0.271 e. The van der Waals surface area contributed by atoms with Crippen molar-refractivity contribution in [3.63, 3.8) is 0 Å². The third-order valence-corrected chi connectivity index (χ3v) is 2.58. The summed E-state index contributed by atoms with van der Waals surface area (Å²) in [6, 6.07) is 3.31. The molecule has 0 radical (unpaired) electrons. The Morgan fingerprint density at radius 2 is 2.11 bits per heavy atom. The number of carbonyl (C=O) groups is 2. The lowest BCUT2D eigenvalue weighted by Crippen LogP contribution is -2.28. The molecule has 0 atom stereocenters. The number of halogens is 1. The molecule has 0 aliphatic carbocycles. The molecule has 0 spiro atoms. The normalized spacial score (nSPS) is 10.0. The number of nitrogens with two attached hydrogens (primary N) is 1. The first kappa shape index (κ1) is 15.2. The van der Waals surface area contributed by atoms with E-state index in [4.69, 9.17) is 17.3 Å². The molecular formula is C12H17ClN4O2. The summed E-state index contributed by atoms with van der Waals surface area (Å²) in [5.41, 5.74) is 5.12. The Kier molecular flexibility index (Phi) is 6.08. The van der Waals surface area contributed by atoms with Crippen molar-refractivity contribution in [1.29, 1.82) is 0 Å². The fourth-order valence-electron chi connectivity index (χ4n) is 1.34. The van der Waals surface area contributed by atoms with Crippen LogP contribution in [-0.2, 0) is 4.79 Å². The highest BCUT2D eigenvalue weighted by molar-refractivity contribution is 6.33. The van der Waals surface area contributed by atoms with Gasteiger partial charge in [0.25, 0.3) is 5.91 Å². The number of anilines is 1. The number of carbonyl (C=O) groups excluding carboxylic acids is 2. The Labute approximate surface area is 116 Å². The van der Waals surface area contributed by atoms with Gasteiger partial charge in [0, 0.05) is 19.5 Å². The van der Waals surface area contributed by atoms with Gasteiger partial charge in [0.05, 0.1) is 5.02 Å². The molecule has 2 amide bonds. The molecule has 1 heterocycles. The maximum atomic E-state index is 11.8. The molecule has 104 valence electrons. The van der Waals surface area contributed by atoms with Crippen molar-refractivity contribution in [1.82, 2.24) is 10.3 Å². The van der Waals surface area contributed by atoms with Crippen LogP contribution in [0.1, 0.15) is 30.3 Å². The van der Waals surface area contributed by atoms with E-state index in [0.717, 1.165) is 13.0 Å². The van der Waals surface area contributed by atoms with Gasteiger partial charge in [-0.2, -0.15) is 0 Å². The summed E-state index contributed by atoms with van der Waals surface area (Å²) < 4.78 is 0. The van der Waals surface area contributed by atoms with Gasteiger partial charge in [-0.1, -0.05) is 18.5 Å². The highest BCUT2D eigenvalue weighted by atomic mass is 35.5. The summed E-state index contributed by atoms with van der Waals surface area (Å²) in [5, 5.41) is 5.87. The zero-order valence-corrected chi connectivity index (χ0v) is 11.5. The number of aromatic nitrogens is 1. The Morgan fingerprint density at radius 3 is 2.74 bits per heavy atom. The lowest BCUT2D eigenvalue weighted by Gasteiger charge is -2.08. The predicted octanol–water partition coefficient (Wildman–Crippen LogP) is 1.16. The smallest absolute Gasteiger partial charge is 0.271 e. The molecule has 0 aliphatic heterocycles. The molecule has 6 nitrogen and oxygen atoms in total. The Morgan fingerprint density at radius 1 is 1.37 bits per heavy atom. The number of amides is 2. The zero-order chi connectivity index (χ0) is 14.3. The Hall–Kier alpha value is -1.82. The quantitative estimate of drug-likeness (QED) is 0.700. The number of pyridine rings is 1. The van der Waals surface area contributed by atoms with Gasteiger partial charge in [0.15, 0.2) is 0 Å². The van der Waals surface area contributed by atoms with Gasteiger partial charge in [-0.25, -0.2) is 4.98 Å². The standard InChI is InChI=1S/C12H17ClN4O2/c1-2-6-15-10-4-3-8(13)11(17-10)12(19)16-7-5-9(14)18/h3-4H,2,5-7H2,1H3,(H2,14,18)(H,15,17)(H,16,19). The van der Waals surface area contributed by atoms with Crippen LogP contribution in [0.2, 0.25) is 5.02 Å². The predicted molar refractivity (Wildman–Crippen MR) is 74.2 cm³/mol. The van der Waals surface area contributed by atoms with Crippen LogP contribution in [0, 0.1) is 0 Å². The fraction of sp³-hybridized carbons (Fsp3) is 0.417. The van der Waals surface area contributed by atoms with E-state index < -0.39 is 11.8 Å². The molecule has 1 rings (SSSR count). The molecule has 1 aromatic rings. The van der Waals surface area contributed by atoms with E-state index in [2.05, 4.69) is 15.6 Å². The van der Waals surface area contributed by atoms with E-state index in [1.165, 1.54) is 0 Å². The summed E-state index contributed by atoms with van der Waals surface area (Å²) in [5.74, 6) is -0.310. The molecular weight excluding hydrogens is 268 g/mol. The van der Waals surface area contributed by atoms with Gasteiger partial charge >= 0.3 is 0 Å². The van der Waals surface area contributed by atoms with Crippen LogP contribution < -0.4 is 16.4 Å². The van der Waals surface area contributed by atoms with Gasteiger partial charge in [-0.3, -0.25) is 9.59 Å². The number of hydrogen-bond acceptors (Lipinski definition) is 4. The van der Waals surface area contributed by atoms with Crippen LogP contribution in [0.4, 0.5) is 5.82 Å². The second-order valence-corrected chi connectivity index (χ2v) is 4.33. The average molecular weight is 285 g/mol. The van der Waals surface area contributed by atoms with Gasteiger partial charge in [0.1, 0.15) is 11.5 Å². The number of nitrogens with zero attached hydrogens (tertiary/aromatic N) is 1. The third kappa shape index (κ3) is 5.13. The maximum absolute atomic E-state index is 11.8. The molecule has 4 N–H and O–H groups in total. The summed E-state index contributed by atoms with van der Waals surface area (Å²) >= 11 is 5.92. The minimum absolute atomic E-state index is 0.0805. The van der Waals surface area contributed by atoms with Gasteiger partial charge in [0.2, 0.25) is 5.91 Å². The van der Waals surface area contributed by atoms with E-state index >= 15 is 0 Å². The molecule has 7 heteroatoms. The molecule has 0 aliphatic rings. The molecule has 0 saturated carbocycles. The first-order valence-electron chi connectivity index (χ1n) is 6.01. The van der Waals surface area contributed by atoms with Crippen LogP contribution in [0.5, 0.6) is 0 Å². The van der Waals surface area contributed by atoms with E-state index in [1.54, 1.807) is 12.1 Å². The number of nitrogens with one attached hydrogen (secondary N) is 2. The second-order valence-electron chi connectivity index (χ2n) is 3.93. The highest BCUT2D eigenvalue weighted by Gasteiger charge is 2.13. The topological polar surface area (TPSA) is 97.1 Å². The van der Waals surface area contributed by atoms with Crippen molar-refractivity contribution in [2.75, 3.05) is 18.4 Å². The third-order valence-electron chi connectivity index (χ3n) is 2.27. The highest BCUT2D eigenvalue weighted by Crippen LogP contribution is 2.16. The summed E-state index contributed by atoms with van der Waals surface area (Å²) in [7, 11) is 0. The molecule has 0 aromatic carbocycles. The zero-order valence-electron chi connectivity index (χ0n) is 10.7. The molecule has 0 fully saturated rings. The summed E-state index contributed by atoms with van der Waals surface area (Å²) in [4.78, 5) is 26.5. The van der Waals surface area contributed by atoms with Gasteiger partial charge in [-0.15, -0.1) is 0 Å². The molecule has 19 heavy (non-hydrogen) atoms. The molecule has 0 unspecified atom stereocenters. The number of hydrogen-bond donors (Lipinski definition) is 3. The first-order chi connectivity index (χ1) is 9.04. The van der Waals surface area contributed by atoms with Gasteiger partial charge < -0.3 is 16.4 Å². The first-order valence-corrected chi connectivity index (χ1v) is 6.39. The minimum Gasteiger partial charge on any atom is -0.370 e. The van der Waals surface area contributed by atoms with Crippen LogP contribution in [0.25, 0.3) is 0 Å². The van der Waals surface area contributed by atoms with Crippen LogP contribution in [0.15, 0.2) is 12.1 Å². The Bertz CT molecular complexity index is 465. The van der Waals surface area contributed by atoms with Crippen LogP contribution in [0.3, 0.4) is 0 Å². The molecule has 1 aromatic heterocycles. The van der Waals surface area contributed by atoms with Crippen LogP contribution >= 0.6 is 11.6 Å². The lowest BCUT2D eigenvalue weighted by atomic mass is 10.3. The van der Waals surface area contributed by atoms with Crippen molar-refractivity contribution in [2.24, 2.45) is 5.73 Å². The van der Waals surface area contributed by atoms with Gasteiger partial charge in [-0.05, 0) is 18.6 Å². The van der Waals surface area contributed by atoms with Crippen molar-refractivity contribution in [3.8, 4) is 0 Å². The average Bonchev–Trinajstić information content (AvgIpc) is 2.37. The summed E-state index contributed by atoms with van der Waals surface area (Å²) in [6.07, 6.45) is 1.03. The van der Waals surface area contributed by atoms with Crippen molar-refractivity contribution < 1.29 is 9.59 Å². The van der Waals surface area contributed by atoms with Crippen molar-refractivity contribution in [2.45, 2.75) is 19.8 Å². The Balaban J connectivity index is 2.69. The fourth-order valence-corrected chi connectivity index (χ4v) is 1.53. The number of primary amides is 1. The minimum atomic E-state index is -0.474. The summed E-state index contributed by atoms with van der Waals surface area (Å²) in [6.45, 7) is 2.95. The lowest BCUT2D eigenvalue weighted by molar-refractivity contribution is -0.117. The van der Waals surface area contributed by atoms with E-state index in [1.807, 2.05) is 6.92 Å². The van der Waals surface area contributed by atoms with E-state index in [0.29, 0.717) is 5.82 Å². The largest absolute Gasteiger partial charge is 0.370 e. The van der Waals surface area contributed by atoms with Crippen molar-refractivity contribution in [3.05, 3.63) is 22.8 Å².